The number of carbonyl (C=O) groups excluding carboxylic acids is 1. The van der Waals surface area contributed by atoms with E-state index in [0.717, 1.165) is 31.3 Å². The van der Waals surface area contributed by atoms with Gasteiger partial charge >= 0.3 is 0 Å². The van der Waals surface area contributed by atoms with Gasteiger partial charge in [0.05, 0.1) is 0 Å². The molecule has 1 saturated carbocycles. The van der Waals surface area contributed by atoms with Crippen molar-refractivity contribution in [1.82, 2.24) is 0 Å². The molecule has 0 heterocycles. The summed E-state index contributed by atoms with van der Waals surface area (Å²) in [7, 11) is 0. The Morgan fingerprint density at radius 3 is 2.19 bits per heavy atom. The van der Waals surface area contributed by atoms with Gasteiger partial charge in [0.25, 0.3) is 5.91 Å². The van der Waals surface area contributed by atoms with Crippen molar-refractivity contribution in [2.75, 3.05) is 5.32 Å². The number of nitrogens with zero attached hydrogens (tertiary/aromatic N) is 1. The number of hydrogen-bond donors (Lipinski definition) is 1. The lowest BCUT2D eigenvalue weighted by molar-refractivity contribution is -0.112. The van der Waals surface area contributed by atoms with Crippen LogP contribution in [0.1, 0.15) is 44.9 Å². The zero-order chi connectivity index (χ0) is 15.1. The van der Waals surface area contributed by atoms with Gasteiger partial charge in [-0.1, -0.05) is 30.9 Å². The van der Waals surface area contributed by atoms with E-state index in [1.807, 2.05) is 0 Å². The fourth-order valence-corrected chi connectivity index (χ4v) is 2.73. The second-order valence-electron chi connectivity index (χ2n) is 5.32. The Morgan fingerprint density at radius 1 is 1.05 bits per heavy atom. The van der Waals surface area contributed by atoms with E-state index in [4.69, 9.17) is 11.6 Å². The third-order valence-electron chi connectivity index (χ3n) is 3.75. The van der Waals surface area contributed by atoms with Gasteiger partial charge in [0.15, 0.2) is 0 Å². The second-order valence-corrected chi connectivity index (χ2v) is 5.76. The molecule has 1 aromatic rings. The minimum Gasteiger partial charge on any atom is -0.321 e. The summed E-state index contributed by atoms with van der Waals surface area (Å²) in [4.78, 5) is 12.3. The molecule has 0 bridgehead atoms. The molecule has 1 fully saturated rings. The number of nitriles is 1. The zero-order valence-corrected chi connectivity index (χ0v) is 12.7. The molecule has 1 amide bonds. The Hall–Kier alpha value is -1.79. The fourth-order valence-electron chi connectivity index (χ4n) is 2.60. The highest BCUT2D eigenvalue weighted by atomic mass is 35.5. The average Bonchev–Trinajstić information content (AvgIpc) is 2.44. The summed E-state index contributed by atoms with van der Waals surface area (Å²) in [5.41, 5.74) is 1.94. The molecule has 0 aromatic heterocycles. The zero-order valence-electron chi connectivity index (χ0n) is 12.0. The Balaban J connectivity index is 2.13. The molecule has 1 N–H and O–H groups in total. The third-order valence-corrected chi connectivity index (χ3v) is 4.00. The third kappa shape index (κ3) is 4.61. The SMILES string of the molecule is N#CC(C(=O)Nc1ccc(Cl)cc1)=C1CCCCCCC1. The number of allylic oxidation sites excluding steroid dienone is 1. The van der Waals surface area contributed by atoms with Crippen LogP contribution in [-0.4, -0.2) is 5.91 Å². The Morgan fingerprint density at radius 2 is 1.62 bits per heavy atom. The first-order chi connectivity index (χ1) is 10.2. The summed E-state index contributed by atoms with van der Waals surface area (Å²) in [5, 5.41) is 12.7. The van der Waals surface area contributed by atoms with Crippen molar-refractivity contribution in [3.63, 3.8) is 0 Å². The Labute approximate surface area is 130 Å². The van der Waals surface area contributed by atoms with Crippen LogP contribution in [-0.2, 0) is 4.79 Å². The van der Waals surface area contributed by atoms with Crippen molar-refractivity contribution in [3.05, 3.63) is 40.4 Å². The highest BCUT2D eigenvalue weighted by Crippen LogP contribution is 2.25. The number of anilines is 1. The van der Waals surface area contributed by atoms with Crippen molar-refractivity contribution in [3.8, 4) is 6.07 Å². The predicted octanol–water partition coefficient (Wildman–Crippen LogP) is 4.84. The van der Waals surface area contributed by atoms with Gasteiger partial charge in [-0.3, -0.25) is 4.79 Å². The van der Waals surface area contributed by atoms with Gasteiger partial charge in [-0.2, -0.15) is 5.26 Å². The topological polar surface area (TPSA) is 52.9 Å². The molecular formula is C17H19ClN2O. The molecule has 0 unspecified atom stereocenters. The summed E-state index contributed by atoms with van der Waals surface area (Å²) in [5.74, 6) is -0.310. The number of rotatable bonds is 2. The minimum absolute atomic E-state index is 0.284. The van der Waals surface area contributed by atoms with E-state index in [2.05, 4.69) is 11.4 Å². The smallest absolute Gasteiger partial charge is 0.266 e. The van der Waals surface area contributed by atoms with E-state index in [9.17, 15) is 10.1 Å². The molecule has 0 aliphatic heterocycles. The number of carbonyl (C=O) groups is 1. The van der Waals surface area contributed by atoms with Crippen LogP contribution in [0.2, 0.25) is 5.02 Å². The molecule has 1 aromatic carbocycles. The summed E-state index contributed by atoms with van der Waals surface area (Å²) < 4.78 is 0. The van der Waals surface area contributed by atoms with Crippen LogP contribution in [0.15, 0.2) is 35.4 Å². The first-order valence-electron chi connectivity index (χ1n) is 7.40. The lowest BCUT2D eigenvalue weighted by atomic mass is 9.92. The number of benzene rings is 1. The largest absolute Gasteiger partial charge is 0.321 e. The van der Waals surface area contributed by atoms with Gasteiger partial charge in [-0.15, -0.1) is 0 Å². The summed E-state index contributed by atoms with van der Waals surface area (Å²) in [6, 6.07) is 8.99. The van der Waals surface area contributed by atoms with Crippen LogP contribution in [0.25, 0.3) is 0 Å². The number of nitrogens with one attached hydrogen (secondary N) is 1. The van der Waals surface area contributed by atoms with Crippen LogP contribution in [0.3, 0.4) is 0 Å². The minimum atomic E-state index is -0.310. The van der Waals surface area contributed by atoms with Crippen LogP contribution >= 0.6 is 11.6 Å². The van der Waals surface area contributed by atoms with E-state index in [1.54, 1.807) is 24.3 Å². The average molecular weight is 303 g/mol. The predicted molar refractivity (Wildman–Crippen MR) is 85.0 cm³/mol. The summed E-state index contributed by atoms with van der Waals surface area (Å²) in [6.07, 6.45) is 7.46. The molecule has 110 valence electrons. The van der Waals surface area contributed by atoms with Gasteiger partial charge in [0.1, 0.15) is 11.6 Å². The number of halogens is 1. The van der Waals surface area contributed by atoms with Crippen LogP contribution in [0.5, 0.6) is 0 Å². The highest BCUT2D eigenvalue weighted by Gasteiger charge is 2.16. The van der Waals surface area contributed by atoms with E-state index in [0.29, 0.717) is 10.7 Å². The standard InChI is InChI=1S/C17H19ClN2O/c18-14-8-10-15(11-9-14)20-17(21)16(12-19)13-6-4-2-1-3-5-7-13/h8-11H,1-7H2,(H,20,21). The summed E-state index contributed by atoms with van der Waals surface area (Å²) in [6.45, 7) is 0. The van der Waals surface area contributed by atoms with E-state index >= 15 is 0 Å². The highest BCUT2D eigenvalue weighted by molar-refractivity contribution is 6.30. The normalized spacial score (nSPS) is 15.5. The number of amides is 1. The molecule has 2 rings (SSSR count). The lowest BCUT2D eigenvalue weighted by Gasteiger charge is -2.14. The van der Waals surface area contributed by atoms with E-state index in [1.165, 1.54) is 19.3 Å². The van der Waals surface area contributed by atoms with Crippen molar-refractivity contribution >= 4 is 23.2 Å². The van der Waals surface area contributed by atoms with E-state index < -0.39 is 0 Å². The molecule has 0 spiro atoms. The Bertz CT molecular complexity index is 559. The maximum atomic E-state index is 12.3. The van der Waals surface area contributed by atoms with Crippen molar-refractivity contribution in [1.29, 1.82) is 5.26 Å². The molecular weight excluding hydrogens is 284 g/mol. The summed E-state index contributed by atoms with van der Waals surface area (Å²) >= 11 is 5.82. The maximum absolute atomic E-state index is 12.3. The van der Waals surface area contributed by atoms with Crippen molar-refractivity contribution in [2.24, 2.45) is 0 Å². The fraction of sp³-hybridized carbons (Fsp3) is 0.412. The van der Waals surface area contributed by atoms with Crippen LogP contribution < -0.4 is 5.32 Å². The Kier molecular flexibility index (Phi) is 5.83. The first kappa shape index (κ1) is 15.6. The van der Waals surface area contributed by atoms with Crippen LogP contribution in [0, 0.1) is 11.3 Å². The first-order valence-corrected chi connectivity index (χ1v) is 7.77. The monoisotopic (exact) mass is 302 g/mol. The molecule has 21 heavy (non-hydrogen) atoms. The van der Waals surface area contributed by atoms with Gasteiger partial charge < -0.3 is 5.32 Å². The van der Waals surface area contributed by atoms with Gasteiger partial charge in [0.2, 0.25) is 0 Å². The van der Waals surface area contributed by atoms with Crippen molar-refractivity contribution in [2.45, 2.75) is 44.9 Å². The van der Waals surface area contributed by atoms with Crippen molar-refractivity contribution < 1.29 is 4.79 Å². The maximum Gasteiger partial charge on any atom is 0.266 e. The van der Waals surface area contributed by atoms with Gasteiger partial charge in [0, 0.05) is 10.7 Å². The van der Waals surface area contributed by atoms with Crippen LogP contribution in [0.4, 0.5) is 5.69 Å². The molecule has 0 saturated heterocycles. The molecule has 1 aliphatic carbocycles. The molecule has 3 nitrogen and oxygen atoms in total. The number of hydrogen-bond acceptors (Lipinski definition) is 2. The quantitative estimate of drug-likeness (QED) is 0.627. The molecule has 4 heteroatoms. The van der Waals surface area contributed by atoms with Gasteiger partial charge in [-0.05, 0) is 55.5 Å². The lowest BCUT2D eigenvalue weighted by Crippen LogP contribution is -2.15. The van der Waals surface area contributed by atoms with Gasteiger partial charge in [-0.25, -0.2) is 0 Å². The molecule has 0 atom stereocenters. The molecule has 0 radical (unpaired) electrons. The van der Waals surface area contributed by atoms with E-state index in [-0.39, 0.29) is 11.5 Å². The second kappa shape index (κ2) is 7.85. The molecule has 1 aliphatic rings.